The number of aliphatic hydroxyl groups is 1. The molecule has 0 heterocycles. The molecule has 0 saturated carbocycles. The minimum atomic E-state index is -1.43. The number of nitrogens with zero attached hydrogens (tertiary/aromatic N) is 1. The molecule has 0 amide bonds. The molecule has 4 nitrogen and oxygen atoms in total. The van der Waals surface area contributed by atoms with E-state index in [1.165, 1.54) is 19.2 Å². The highest BCUT2D eigenvalue weighted by molar-refractivity contribution is 5.76. The molecule has 22 heavy (non-hydrogen) atoms. The van der Waals surface area contributed by atoms with E-state index >= 15 is 0 Å². The predicted molar refractivity (Wildman–Crippen MR) is 82.0 cm³/mol. The van der Waals surface area contributed by atoms with Crippen molar-refractivity contribution in [2.24, 2.45) is 0 Å². The molecule has 2 aromatic carbocycles. The van der Waals surface area contributed by atoms with E-state index in [2.05, 4.69) is 4.74 Å². The standard InChI is InChI=1S/C17H18FNO3/c1-19(14-9-4-3-5-10-14)15(16(20)17(21)22-2)12-7-6-8-13(18)11-12/h3-11,15-16,20H,1-2H3. The molecule has 0 fully saturated rings. The van der Waals surface area contributed by atoms with Gasteiger partial charge in [-0.2, -0.15) is 0 Å². The summed E-state index contributed by atoms with van der Waals surface area (Å²) in [6, 6.07) is 14.3. The predicted octanol–water partition coefficient (Wildman–Crippen LogP) is 2.54. The van der Waals surface area contributed by atoms with Crippen molar-refractivity contribution in [1.29, 1.82) is 0 Å². The van der Waals surface area contributed by atoms with E-state index in [0.717, 1.165) is 5.69 Å². The molecular weight excluding hydrogens is 285 g/mol. The number of anilines is 1. The SMILES string of the molecule is COC(=O)C(O)C(c1cccc(F)c1)N(C)c1ccccc1. The molecule has 1 N–H and O–H groups in total. The fourth-order valence-electron chi connectivity index (χ4n) is 2.38. The first-order valence-electron chi connectivity index (χ1n) is 6.84. The Morgan fingerprint density at radius 3 is 2.45 bits per heavy atom. The molecule has 0 aliphatic carbocycles. The zero-order valence-corrected chi connectivity index (χ0v) is 12.4. The summed E-state index contributed by atoms with van der Waals surface area (Å²) >= 11 is 0. The summed E-state index contributed by atoms with van der Waals surface area (Å²) in [4.78, 5) is 13.5. The lowest BCUT2D eigenvalue weighted by molar-refractivity contribution is -0.151. The van der Waals surface area contributed by atoms with Gasteiger partial charge in [-0.3, -0.25) is 0 Å². The quantitative estimate of drug-likeness (QED) is 0.862. The van der Waals surface area contributed by atoms with Crippen LogP contribution in [0.4, 0.5) is 10.1 Å². The fourth-order valence-corrected chi connectivity index (χ4v) is 2.38. The molecule has 2 rings (SSSR count). The van der Waals surface area contributed by atoms with E-state index in [1.807, 2.05) is 30.3 Å². The van der Waals surface area contributed by atoms with Gasteiger partial charge in [0.2, 0.25) is 0 Å². The van der Waals surface area contributed by atoms with Crippen molar-refractivity contribution in [2.45, 2.75) is 12.1 Å². The molecule has 0 radical (unpaired) electrons. The Morgan fingerprint density at radius 2 is 1.86 bits per heavy atom. The normalized spacial score (nSPS) is 13.3. The van der Waals surface area contributed by atoms with E-state index in [1.54, 1.807) is 24.1 Å². The topological polar surface area (TPSA) is 49.8 Å². The van der Waals surface area contributed by atoms with Gasteiger partial charge in [-0.25, -0.2) is 9.18 Å². The molecule has 5 heteroatoms. The van der Waals surface area contributed by atoms with Crippen molar-refractivity contribution in [1.82, 2.24) is 0 Å². The molecule has 116 valence electrons. The van der Waals surface area contributed by atoms with Crippen LogP contribution in [0.5, 0.6) is 0 Å². The molecule has 0 spiro atoms. The Balaban J connectivity index is 2.43. The van der Waals surface area contributed by atoms with Crippen LogP contribution in [-0.2, 0) is 9.53 Å². The smallest absolute Gasteiger partial charge is 0.337 e. The van der Waals surface area contributed by atoms with Gasteiger partial charge in [0, 0.05) is 12.7 Å². The average Bonchev–Trinajstić information content (AvgIpc) is 2.55. The van der Waals surface area contributed by atoms with Crippen LogP contribution < -0.4 is 4.90 Å². The summed E-state index contributed by atoms with van der Waals surface area (Å²) in [5.41, 5.74) is 1.28. The third kappa shape index (κ3) is 3.43. The molecule has 0 aromatic heterocycles. The Bertz CT molecular complexity index is 633. The number of aliphatic hydroxyl groups excluding tert-OH is 1. The van der Waals surface area contributed by atoms with Gasteiger partial charge in [0.1, 0.15) is 5.82 Å². The second-order valence-electron chi connectivity index (χ2n) is 4.91. The number of benzene rings is 2. The molecule has 0 bridgehead atoms. The lowest BCUT2D eigenvalue weighted by atomic mass is 9.99. The van der Waals surface area contributed by atoms with Crippen LogP contribution in [0.15, 0.2) is 54.6 Å². The maximum atomic E-state index is 13.5. The monoisotopic (exact) mass is 303 g/mol. The van der Waals surface area contributed by atoms with Crippen LogP contribution >= 0.6 is 0 Å². The second-order valence-corrected chi connectivity index (χ2v) is 4.91. The molecule has 2 unspecified atom stereocenters. The van der Waals surface area contributed by atoms with Gasteiger partial charge in [-0.05, 0) is 29.8 Å². The fraction of sp³-hybridized carbons (Fsp3) is 0.235. The molecule has 2 atom stereocenters. The number of para-hydroxylation sites is 1. The van der Waals surface area contributed by atoms with Crippen molar-refractivity contribution in [3.63, 3.8) is 0 Å². The summed E-state index contributed by atoms with van der Waals surface area (Å²) in [6.07, 6.45) is -1.43. The van der Waals surface area contributed by atoms with Crippen molar-refractivity contribution in [2.75, 3.05) is 19.1 Å². The highest BCUT2D eigenvalue weighted by atomic mass is 19.1. The minimum absolute atomic E-state index is 0.430. The van der Waals surface area contributed by atoms with Crippen molar-refractivity contribution in [3.8, 4) is 0 Å². The Labute approximate surface area is 128 Å². The van der Waals surface area contributed by atoms with Gasteiger partial charge in [-0.15, -0.1) is 0 Å². The van der Waals surface area contributed by atoms with E-state index in [4.69, 9.17) is 0 Å². The summed E-state index contributed by atoms with van der Waals surface area (Å²) < 4.78 is 18.1. The summed E-state index contributed by atoms with van der Waals surface area (Å²) in [5.74, 6) is -1.20. The zero-order chi connectivity index (χ0) is 16.1. The van der Waals surface area contributed by atoms with Gasteiger partial charge in [-0.1, -0.05) is 30.3 Å². The third-order valence-electron chi connectivity index (χ3n) is 3.51. The van der Waals surface area contributed by atoms with E-state index in [9.17, 15) is 14.3 Å². The van der Waals surface area contributed by atoms with Crippen LogP contribution in [0, 0.1) is 5.82 Å². The van der Waals surface area contributed by atoms with Gasteiger partial charge in [0.15, 0.2) is 6.10 Å². The lowest BCUT2D eigenvalue weighted by Gasteiger charge is -2.32. The first-order valence-corrected chi connectivity index (χ1v) is 6.84. The number of esters is 1. The lowest BCUT2D eigenvalue weighted by Crippen LogP contribution is -2.39. The van der Waals surface area contributed by atoms with Crippen molar-refractivity contribution >= 4 is 11.7 Å². The van der Waals surface area contributed by atoms with Gasteiger partial charge in [0.05, 0.1) is 13.2 Å². The Kier molecular flexibility index (Phi) is 5.12. The van der Waals surface area contributed by atoms with Gasteiger partial charge < -0.3 is 14.7 Å². The van der Waals surface area contributed by atoms with Crippen LogP contribution in [0.2, 0.25) is 0 Å². The number of carbonyl (C=O) groups excluding carboxylic acids is 1. The zero-order valence-electron chi connectivity index (χ0n) is 12.4. The summed E-state index contributed by atoms with van der Waals surface area (Å²) in [5, 5.41) is 10.3. The van der Waals surface area contributed by atoms with Crippen LogP contribution in [0.1, 0.15) is 11.6 Å². The number of ether oxygens (including phenoxy) is 1. The van der Waals surface area contributed by atoms with E-state index in [-0.39, 0.29) is 0 Å². The maximum absolute atomic E-state index is 13.5. The number of carbonyl (C=O) groups is 1. The van der Waals surface area contributed by atoms with Crippen molar-refractivity contribution in [3.05, 3.63) is 66.0 Å². The molecule has 0 aliphatic rings. The van der Waals surface area contributed by atoms with E-state index in [0.29, 0.717) is 5.56 Å². The summed E-state index contributed by atoms with van der Waals surface area (Å²) in [7, 11) is 2.94. The summed E-state index contributed by atoms with van der Waals surface area (Å²) in [6.45, 7) is 0. The molecule has 0 saturated heterocycles. The highest BCUT2D eigenvalue weighted by Crippen LogP contribution is 2.29. The van der Waals surface area contributed by atoms with Crippen LogP contribution in [0.25, 0.3) is 0 Å². The average molecular weight is 303 g/mol. The highest BCUT2D eigenvalue weighted by Gasteiger charge is 2.32. The number of likely N-dealkylation sites (N-methyl/N-ethyl adjacent to an activating group) is 1. The third-order valence-corrected chi connectivity index (χ3v) is 3.51. The molecule has 2 aromatic rings. The number of hydrogen-bond donors (Lipinski definition) is 1. The number of methoxy groups -OCH3 is 1. The number of halogens is 1. The van der Waals surface area contributed by atoms with E-state index < -0.39 is 23.9 Å². The number of hydrogen-bond acceptors (Lipinski definition) is 4. The minimum Gasteiger partial charge on any atom is -0.467 e. The Morgan fingerprint density at radius 1 is 1.18 bits per heavy atom. The maximum Gasteiger partial charge on any atom is 0.337 e. The number of rotatable bonds is 5. The largest absolute Gasteiger partial charge is 0.467 e. The Hall–Kier alpha value is -2.40. The van der Waals surface area contributed by atoms with Gasteiger partial charge in [0.25, 0.3) is 0 Å². The first-order chi connectivity index (χ1) is 10.5. The van der Waals surface area contributed by atoms with Crippen molar-refractivity contribution < 1.29 is 19.0 Å². The molecular formula is C17H18FNO3. The van der Waals surface area contributed by atoms with Gasteiger partial charge >= 0.3 is 5.97 Å². The van der Waals surface area contributed by atoms with Crippen LogP contribution in [-0.4, -0.2) is 31.3 Å². The molecule has 0 aliphatic heterocycles. The first kappa shape index (κ1) is 16.0. The van der Waals surface area contributed by atoms with Crippen LogP contribution in [0.3, 0.4) is 0 Å². The second kappa shape index (κ2) is 7.04.